The molecule has 1 heterocycles. The van der Waals surface area contributed by atoms with Gasteiger partial charge in [0.05, 0.1) is 18.6 Å². The van der Waals surface area contributed by atoms with Gasteiger partial charge >= 0.3 is 12.1 Å². The molecule has 0 spiro atoms. The number of phenolic OH excluding ortho intramolecular Hbond substituents is 1. The number of carbonyl (C=O) groups excluding carboxylic acids is 2. The van der Waals surface area contributed by atoms with E-state index < -0.39 is 12.0 Å². The highest BCUT2D eigenvalue weighted by atomic mass is 16.6. The molecule has 22 heavy (non-hydrogen) atoms. The maximum Gasteiger partial charge on any atom is 0.410 e. The molecule has 1 aliphatic rings. The third-order valence-corrected chi connectivity index (χ3v) is 3.64. The van der Waals surface area contributed by atoms with Crippen molar-refractivity contribution in [1.82, 2.24) is 4.90 Å². The van der Waals surface area contributed by atoms with Crippen LogP contribution in [0.1, 0.15) is 19.4 Å². The molecule has 0 radical (unpaired) electrons. The summed E-state index contributed by atoms with van der Waals surface area (Å²) in [6.07, 6.45) is 0.210. The minimum Gasteiger partial charge on any atom is -0.508 e. The van der Waals surface area contributed by atoms with Gasteiger partial charge < -0.3 is 19.5 Å². The lowest BCUT2D eigenvalue weighted by atomic mass is 10.0. The van der Waals surface area contributed by atoms with Gasteiger partial charge in [-0.1, -0.05) is 19.1 Å². The molecule has 1 aromatic rings. The first-order chi connectivity index (χ1) is 10.5. The Balaban J connectivity index is 1.99. The van der Waals surface area contributed by atoms with E-state index in [1.165, 1.54) is 0 Å². The molecule has 120 valence electrons. The first kappa shape index (κ1) is 16.1. The van der Waals surface area contributed by atoms with E-state index >= 15 is 0 Å². The van der Waals surface area contributed by atoms with Crippen LogP contribution >= 0.6 is 0 Å². The molecule has 1 saturated heterocycles. The van der Waals surface area contributed by atoms with Crippen LogP contribution in [-0.2, 0) is 20.7 Å². The summed E-state index contributed by atoms with van der Waals surface area (Å²) in [4.78, 5) is 25.1. The third kappa shape index (κ3) is 3.90. The summed E-state index contributed by atoms with van der Waals surface area (Å²) >= 11 is 0. The lowest BCUT2D eigenvalue weighted by Crippen LogP contribution is -2.40. The molecule has 1 fully saturated rings. The molecule has 1 N–H and O–H groups in total. The average Bonchev–Trinajstić information content (AvgIpc) is 2.83. The number of amides is 1. The van der Waals surface area contributed by atoms with E-state index in [2.05, 4.69) is 0 Å². The summed E-state index contributed by atoms with van der Waals surface area (Å²) < 4.78 is 10.1. The van der Waals surface area contributed by atoms with Crippen molar-refractivity contribution in [1.29, 1.82) is 0 Å². The van der Waals surface area contributed by atoms with E-state index in [1.807, 2.05) is 12.1 Å². The molecule has 2 atom stereocenters. The normalized spacial score (nSPS) is 18.9. The minimum absolute atomic E-state index is 0.117. The maximum absolute atomic E-state index is 11.9. The Morgan fingerprint density at radius 1 is 1.45 bits per heavy atom. The van der Waals surface area contributed by atoms with Crippen molar-refractivity contribution in [2.75, 3.05) is 19.8 Å². The van der Waals surface area contributed by atoms with Gasteiger partial charge in [0.2, 0.25) is 0 Å². The number of hydrogen-bond acceptors (Lipinski definition) is 5. The fraction of sp³-hybridized carbons (Fsp3) is 0.500. The highest BCUT2D eigenvalue weighted by molar-refractivity contribution is 5.74. The van der Waals surface area contributed by atoms with Crippen LogP contribution in [0.2, 0.25) is 0 Å². The fourth-order valence-electron chi connectivity index (χ4n) is 2.44. The van der Waals surface area contributed by atoms with E-state index in [9.17, 15) is 14.7 Å². The largest absolute Gasteiger partial charge is 0.508 e. The quantitative estimate of drug-likeness (QED) is 0.813. The van der Waals surface area contributed by atoms with E-state index in [4.69, 9.17) is 9.47 Å². The summed E-state index contributed by atoms with van der Waals surface area (Å²) in [5, 5.41) is 9.30. The number of nitrogens with zero attached hydrogens (tertiary/aromatic N) is 1. The molecule has 1 unspecified atom stereocenters. The molecule has 1 amide bonds. The van der Waals surface area contributed by atoms with Crippen molar-refractivity contribution in [3.8, 4) is 5.75 Å². The van der Waals surface area contributed by atoms with E-state index in [1.54, 1.807) is 30.9 Å². The second kappa shape index (κ2) is 7.15. The van der Waals surface area contributed by atoms with Gasteiger partial charge in [-0.15, -0.1) is 0 Å². The Morgan fingerprint density at radius 2 is 2.14 bits per heavy atom. The Kier molecular flexibility index (Phi) is 5.25. The summed E-state index contributed by atoms with van der Waals surface area (Å²) in [5.41, 5.74) is 0.995. The van der Waals surface area contributed by atoms with Crippen LogP contribution in [0.15, 0.2) is 24.3 Å². The Labute approximate surface area is 129 Å². The van der Waals surface area contributed by atoms with E-state index in [-0.39, 0.29) is 24.3 Å². The third-order valence-electron chi connectivity index (χ3n) is 3.64. The van der Waals surface area contributed by atoms with Gasteiger partial charge in [0.25, 0.3) is 0 Å². The SMILES string of the molecule is CCOC(=O)C(C)CN1C(=O)OC[C@@H]1Cc1ccc(O)cc1. The summed E-state index contributed by atoms with van der Waals surface area (Å²) in [6.45, 7) is 4.39. The van der Waals surface area contributed by atoms with Crippen molar-refractivity contribution in [3.05, 3.63) is 29.8 Å². The van der Waals surface area contributed by atoms with Crippen LogP contribution in [0, 0.1) is 5.92 Å². The first-order valence-corrected chi connectivity index (χ1v) is 7.39. The number of hydrogen-bond donors (Lipinski definition) is 1. The van der Waals surface area contributed by atoms with E-state index in [0.717, 1.165) is 5.56 Å². The van der Waals surface area contributed by atoms with Crippen LogP contribution < -0.4 is 0 Å². The van der Waals surface area contributed by atoms with Gasteiger partial charge in [-0.3, -0.25) is 4.79 Å². The molecule has 0 aromatic heterocycles. The number of cyclic esters (lactones) is 1. The molecular formula is C16H21NO5. The van der Waals surface area contributed by atoms with Crippen LogP contribution in [0.4, 0.5) is 4.79 Å². The van der Waals surface area contributed by atoms with Crippen molar-refractivity contribution < 1.29 is 24.2 Å². The highest BCUT2D eigenvalue weighted by Crippen LogP contribution is 2.20. The molecule has 1 aromatic carbocycles. The average molecular weight is 307 g/mol. The van der Waals surface area contributed by atoms with Crippen molar-refractivity contribution >= 4 is 12.1 Å². The number of rotatable bonds is 6. The topological polar surface area (TPSA) is 76.1 Å². The summed E-state index contributed by atoms with van der Waals surface area (Å²) in [5.74, 6) is -0.506. The van der Waals surface area contributed by atoms with Gasteiger partial charge in [0, 0.05) is 6.54 Å². The Hall–Kier alpha value is -2.24. The molecule has 2 rings (SSSR count). The Morgan fingerprint density at radius 3 is 2.77 bits per heavy atom. The number of aromatic hydroxyl groups is 1. The second-order valence-corrected chi connectivity index (χ2v) is 5.41. The van der Waals surface area contributed by atoms with E-state index in [0.29, 0.717) is 19.6 Å². The lowest BCUT2D eigenvalue weighted by molar-refractivity contribution is -0.147. The number of phenols is 1. The first-order valence-electron chi connectivity index (χ1n) is 7.39. The van der Waals surface area contributed by atoms with Crippen molar-refractivity contribution in [3.63, 3.8) is 0 Å². The highest BCUT2D eigenvalue weighted by Gasteiger charge is 2.35. The van der Waals surface area contributed by atoms with Gasteiger partial charge in [0.15, 0.2) is 0 Å². The second-order valence-electron chi connectivity index (χ2n) is 5.41. The lowest BCUT2D eigenvalue weighted by Gasteiger charge is -2.24. The number of esters is 1. The molecule has 1 aliphatic heterocycles. The van der Waals surface area contributed by atoms with Crippen LogP contribution in [0.25, 0.3) is 0 Å². The molecule has 6 nitrogen and oxygen atoms in total. The predicted octanol–water partition coefficient (Wildman–Crippen LogP) is 1.95. The van der Waals surface area contributed by atoms with Crippen molar-refractivity contribution in [2.45, 2.75) is 26.3 Å². The standard InChI is InChI=1S/C16H21NO5/c1-3-21-15(19)11(2)9-17-13(10-22-16(17)20)8-12-4-6-14(18)7-5-12/h4-7,11,13,18H,3,8-10H2,1-2H3/t11?,13-/m0/s1. The van der Waals surface area contributed by atoms with Gasteiger partial charge in [-0.25, -0.2) is 4.79 Å². The summed E-state index contributed by atoms with van der Waals surface area (Å²) in [6, 6.07) is 6.72. The van der Waals surface area contributed by atoms with Gasteiger partial charge in [-0.05, 0) is 31.0 Å². The van der Waals surface area contributed by atoms with Crippen LogP contribution in [0.5, 0.6) is 5.75 Å². The van der Waals surface area contributed by atoms with Gasteiger partial charge in [0.1, 0.15) is 12.4 Å². The number of ether oxygens (including phenoxy) is 2. The number of carbonyl (C=O) groups is 2. The molecule has 0 aliphatic carbocycles. The zero-order valence-corrected chi connectivity index (χ0v) is 12.8. The number of benzene rings is 1. The van der Waals surface area contributed by atoms with Gasteiger partial charge in [-0.2, -0.15) is 0 Å². The molecular weight excluding hydrogens is 286 g/mol. The monoisotopic (exact) mass is 307 g/mol. The molecule has 0 bridgehead atoms. The van der Waals surface area contributed by atoms with Crippen LogP contribution in [-0.4, -0.2) is 47.9 Å². The fourth-order valence-corrected chi connectivity index (χ4v) is 2.44. The molecule has 0 saturated carbocycles. The smallest absolute Gasteiger partial charge is 0.410 e. The summed E-state index contributed by atoms with van der Waals surface area (Å²) in [7, 11) is 0. The van der Waals surface area contributed by atoms with Crippen LogP contribution in [0.3, 0.4) is 0 Å². The zero-order chi connectivity index (χ0) is 16.1. The predicted molar refractivity (Wildman–Crippen MR) is 79.4 cm³/mol. The Bertz CT molecular complexity index is 528. The van der Waals surface area contributed by atoms with Crippen molar-refractivity contribution in [2.24, 2.45) is 5.92 Å². The zero-order valence-electron chi connectivity index (χ0n) is 12.8. The molecule has 6 heteroatoms. The maximum atomic E-state index is 11.9. The minimum atomic E-state index is -0.403.